The van der Waals surface area contributed by atoms with Crippen LogP contribution in [0.1, 0.15) is 52.4 Å². The van der Waals surface area contributed by atoms with Crippen LogP contribution >= 0.6 is 0 Å². The molecule has 1 N–H and O–H groups in total. The molecule has 0 spiro atoms. The van der Waals surface area contributed by atoms with Crippen molar-refractivity contribution >= 4 is 0 Å². The molecule has 1 aliphatic carbocycles. The van der Waals surface area contributed by atoms with Gasteiger partial charge in [0.05, 0.1) is 6.07 Å². The zero-order valence-electron chi connectivity index (χ0n) is 12.8. The molecular weight excluding hydrogens is 234 g/mol. The van der Waals surface area contributed by atoms with Crippen molar-refractivity contribution in [1.82, 2.24) is 10.2 Å². The quantitative estimate of drug-likeness (QED) is 0.851. The van der Waals surface area contributed by atoms with Gasteiger partial charge < -0.3 is 10.2 Å². The molecule has 0 aromatic carbocycles. The van der Waals surface area contributed by atoms with Crippen molar-refractivity contribution in [2.75, 3.05) is 20.1 Å². The summed E-state index contributed by atoms with van der Waals surface area (Å²) >= 11 is 0. The standard InChI is InChI=1S/C16H29N3/c1-13(2)14-5-4-9-19(10-7-14)15-6-8-16(11-15,12-17)18-3/h13-15,18H,4-11H2,1-3H3. The Morgan fingerprint density at radius 1 is 1.26 bits per heavy atom. The van der Waals surface area contributed by atoms with Crippen molar-refractivity contribution in [3.05, 3.63) is 0 Å². The van der Waals surface area contributed by atoms with E-state index in [9.17, 15) is 5.26 Å². The second-order valence-electron chi connectivity index (χ2n) is 6.81. The van der Waals surface area contributed by atoms with Crippen LogP contribution in [0, 0.1) is 23.2 Å². The molecule has 1 heterocycles. The minimum atomic E-state index is -0.256. The topological polar surface area (TPSA) is 39.1 Å². The molecule has 108 valence electrons. The van der Waals surface area contributed by atoms with E-state index in [2.05, 4.69) is 30.1 Å². The Morgan fingerprint density at radius 3 is 2.63 bits per heavy atom. The van der Waals surface area contributed by atoms with E-state index in [-0.39, 0.29) is 5.54 Å². The van der Waals surface area contributed by atoms with Gasteiger partial charge in [0, 0.05) is 6.04 Å². The third-order valence-electron chi connectivity index (χ3n) is 5.45. The third-order valence-corrected chi connectivity index (χ3v) is 5.45. The molecule has 19 heavy (non-hydrogen) atoms. The van der Waals surface area contributed by atoms with Gasteiger partial charge in [-0.3, -0.25) is 0 Å². The molecule has 0 aromatic rings. The Kier molecular flexibility index (Phi) is 4.86. The molecule has 0 aromatic heterocycles. The van der Waals surface area contributed by atoms with E-state index < -0.39 is 0 Å². The molecule has 2 aliphatic rings. The minimum Gasteiger partial charge on any atom is -0.302 e. The molecule has 3 heteroatoms. The van der Waals surface area contributed by atoms with Crippen LogP contribution in [0.5, 0.6) is 0 Å². The van der Waals surface area contributed by atoms with E-state index in [0.29, 0.717) is 6.04 Å². The lowest BCUT2D eigenvalue weighted by molar-refractivity contribution is 0.195. The first kappa shape index (κ1) is 14.8. The molecule has 0 amide bonds. The van der Waals surface area contributed by atoms with E-state index >= 15 is 0 Å². The third kappa shape index (κ3) is 3.30. The number of nitriles is 1. The summed E-state index contributed by atoms with van der Waals surface area (Å²) < 4.78 is 0. The van der Waals surface area contributed by atoms with E-state index in [4.69, 9.17) is 0 Å². The predicted molar refractivity (Wildman–Crippen MR) is 78.8 cm³/mol. The van der Waals surface area contributed by atoms with Crippen molar-refractivity contribution in [2.45, 2.75) is 64.0 Å². The first-order valence-corrected chi connectivity index (χ1v) is 7.94. The Morgan fingerprint density at radius 2 is 2.05 bits per heavy atom. The van der Waals surface area contributed by atoms with Gasteiger partial charge in [-0.2, -0.15) is 5.26 Å². The second kappa shape index (κ2) is 6.24. The lowest BCUT2D eigenvalue weighted by Crippen LogP contribution is -2.42. The Labute approximate surface area is 118 Å². The highest BCUT2D eigenvalue weighted by Crippen LogP contribution is 2.34. The molecule has 0 radical (unpaired) electrons. The summed E-state index contributed by atoms with van der Waals surface area (Å²) in [6, 6.07) is 3.12. The maximum absolute atomic E-state index is 9.37. The molecule has 3 unspecified atom stereocenters. The summed E-state index contributed by atoms with van der Waals surface area (Å²) in [5, 5.41) is 12.6. The first-order valence-electron chi connectivity index (χ1n) is 7.94. The average molecular weight is 263 g/mol. The molecule has 2 fully saturated rings. The highest BCUT2D eigenvalue weighted by Gasteiger charge is 2.40. The van der Waals surface area contributed by atoms with Gasteiger partial charge in [0.25, 0.3) is 0 Å². The first-order chi connectivity index (χ1) is 9.10. The number of hydrogen-bond acceptors (Lipinski definition) is 3. The Balaban J connectivity index is 1.92. The predicted octanol–water partition coefficient (Wildman–Crippen LogP) is 2.78. The summed E-state index contributed by atoms with van der Waals surface area (Å²) in [6.07, 6.45) is 7.25. The van der Waals surface area contributed by atoms with Crippen LogP contribution in [0.3, 0.4) is 0 Å². The molecule has 1 aliphatic heterocycles. The van der Waals surface area contributed by atoms with Crippen LogP contribution in [0.15, 0.2) is 0 Å². The molecule has 2 rings (SSSR count). The van der Waals surface area contributed by atoms with Gasteiger partial charge in [0.1, 0.15) is 5.54 Å². The van der Waals surface area contributed by atoms with Gasteiger partial charge in [-0.1, -0.05) is 13.8 Å². The molecule has 3 atom stereocenters. The van der Waals surface area contributed by atoms with Crippen LogP contribution in [-0.4, -0.2) is 36.6 Å². The van der Waals surface area contributed by atoms with Crippen LogP contribution in [0.25, 0.3) is 0 Å². The maximum atomic E-state index is 9.37. The van der Waals surface area contributed by atoms with Crippen molar-refractivity contribution < 1.29 is 0 Å². The lowest BCUT2D eigenvalue weighted by atomic mass is 9.89. The monoisotopic (exact) mass is 263 g/mol. The summed E-state index contributed by atoms with van der Waals surface area (Å²) in [6.45, 7) is 7.19. The minimum absolute atomic E-state index is 0.256. The number of nitrogens with zero attached hydrogens (tertiary/aromatic N) is 2. The van der Waals surface area contributed by atoms with Gasteiger partial charge in [-0.25, -0.2) is 0 Å². The van der Waals surface area contributed by atoms with E-state index in [1.165, 1.54) is 38.8 Å². The Hall–Kier alpha value is -0.590. The Bertz CT molecular complexity index is 333. The molecule has 3 nitrogen and oxygen atoms in total. The average Bonchev–Trinajstić information content (AvgIpc) is 2.69. The zero-order valence-corrected chi connectivity index (χ0v) is 12.8. The zero-order chi connectivity index (χ0) is 13.9. The van der Waals surface area contributed by atoms with Crippen LogP contribution in [-0.2, 0) is 0 Å². The fourth-order valence-corrected chi connectivity index (χ4v) is 3.89. The van der Waals surface area contributed by atoms with Crippen LogP contribution in [0.2, 0.25) is 0 Å². The number of nitrogens with one attached hydrogen (secondary N) is 1. The van der Waals surface area contributed by atoms with Crippen molar-refractivity contribution in [3.63, 3.8) is 0 Å². The van der Waals surface area contributed by atoms with Gasteiger partial charge >= 0.3 is 0 Å². The summed E-state index contributed by atoms with van der Waals surface area (Å²) in [5.74, 6) is 1.72. The van der Waals surface area contributed by atoms with Crippen molar-refractivity contribution in [3.8, 4) is 6.07 Å². The second-order valence-corrected chi connectivity index (χ2v) is 6.81. The van der Waals surface area contributed by atoms with E-state index in [0.717, 1.165) is 24.7 Å². The van der Waals surface area contributed by atoms with Crippen LogP contribution in [0.4, 0.5) is 0 Å². The lowest BCUT2D eigenvalue weighted by Gasteiger charge is -2.29. The summed E-state index contributed by atoms with van der Waals surface area (Å²) in [7, 11) is 1.93. The fraction of sp³-hybridized carbons (Fsp3) is 0.938. The van der Waals surface area contributed by atoms with Gasteiger partial charge in [0.2, 0.25) is 0 Å². The number of likely N-dealkylation sites (tertiary alicyclic amines) is 1. The van der Waals surface area contributed by atoms with Crippen molar-refractivity contribution in [2.24, 2.45) is 11.8 Å². The van der Waals surface area contributed by atoms with Gasteiger partial charge in [-0.15, -0.1) is 0 Å². The summed E-state index contributed by atoms with van der Waals surface area (Å²) in [5.41, 5.74) is -0.256. The highest BCUT2D eigenvalue weighted by molar-refractivity contribution is 5.12. The van der Waals surface area contributed by atoms with Crippen molar-refractivity contribution in [1.29, 1.82) is 5.26 Å². The van der Waals surface area contributed by atoms with E-state index in [1.54, 1.807) is 0 Å². The number of rotatable bonds is 3. The molecule has 1 saturated carbocycles. The maximum Gasteiger partial charge on any atom is 0.108 e. The normalized spacial score (nSPS) is 37.2. The molecule has 0 bridgehead atoms. The summed E-state index contributed by atoms with van der Waals surface area (Å²) in [4.78, 5) is 2.67. The van der Waals surface area contributed by atoms with Crippen LogP contribution < -0.4 is 5.32 Å². The highest BCUT2D eigenvalue weighted by atomic mass is 15.2. The SMILES string of the molecule is CNC1(C#N)CCC(N2CCCC(C(C)C)CC2)C1. The molecule has 1 saturated heterocycles. The molecular formula is C16H29N3. The van der Waals surface area contributed by atoms with Gasteiger partial charge in [-0.05, 0) is 70.5 Å². The largest absolute Gasteiger partial charge is 0.302 e. The number of hydrogen-bond donors (Lipinski definition) is 1. The fourth-order valence-electron chi connectivity index (χ4n) is 3.89. The van der Waals surface area contributed by atoms with E-state index in [1.807, 2.05) is 7.05 Å². The smallest absolute Gasteiger partial charge is 0.108 e. The van der Waals surface area contributed by atoms with Gasteiger partial charge in [0.15, 0.2) is 0 Å².